The molecule has 0 radical (unpaired) electrons. The number of thiophene rings is 1. The summed E-state index contributed by atoms with van der Waals surface area (Å²) in [6.45, 7) is 7.62. The average molecular weight is 361 g/mol. The summed E-state index contributed by atoms with van der Waals surface area (Å²) < 4.78 is 2.36. The second-order valence-electron chi connectivity index (χ2n) is 7.81. The van der Waals surface area contributed by atoms with Crippen LogP contribution in [0.5, 0.6) is 0 Å². The quantitative estimate of drug-likeness (QED) is 0.434. The normalized spacial score (nSPS) is 12.0. The third-order valence-electron chi connectivity index (χ3n) is 4.81. The summed E-state index contributed by atoms with van der Waals surface area (Å²) in [7, 11) is 0. The maximum absolute atomic E-state index is 4.91. The highest BCUT2D eigenvalue weighted by molar-refractivity contribution is 7.09. The summed E-state index contributed by atoms with van der Waals surface area (Å²) in [6.07, 6.45) is 0.881. The molecule has 3 heteroatoms. The Morgan fingerprint density at radius 2 is 1.69 bits per heavy atom. The van der Waals surface area contributed by atoms with E-state index in [-0.39, 0.29) is 5.41 Å². The minimum absolute atomic E-state index is 0.185. The Kier molecular flexibility index (Phi) is 4.41. The molecule has 0 bridgehead atoms. The molecule has 0 saturated carbocycles. The van der Waals surface area contributed by atoms with Gasteiger partial charge in [0.25, 0.3) is 0 Å². The van der Waals surface area contributed by atoms with Gasteiger partial charge in [0.2, 0.25) is 0 Å². The largest absolute Gasteiger partial charge is 0.323 e. The fourth-order valence-corrected chi connectivity index (χ4v) is 4.00. The lowest BCUT2D eigenvalue weighted by atomic mass is 9.87. The number of benzene rings is 2. The van der Waals surface area contributed by atoms with Crippen molar-refractivity contribution in [2.45, 2.75) is 39.2 Å². The van der Waals surface area contributed by atoms with Gasteiger partial charge in [-0.3, -0.25) is 0 Å². The predicted octanol–water partition coefficient (Wildman–Crippen LogP) is 6.03. The van der Waals surface area contributed by atoms with Crippen LogP contribution in [-0.4, -0.2) is 9.55 Å². The van der Waals surface area contributed by atoms with Crippen molar-refractivity contribution >= 4 is 22.4 Å². The molecule has 0 unspecified atom stereocenters. The van der Waals surface area contributed by atoms with Crippen LogP contribution in [0.3, 0.4) is 0 Å². The van der Waals surface area contributed by atoms with E-state index in [1.54, 1.807) is 11.3 Å². The molecule has 0 spiro atoms. The monoisotopic (exact) mass is 360 g/mol. The molecule has 0 aliphatic heterocycles. The summed E-state index contributed by atoms with van der Waals surface area (Å²) in [5.41, 5.74) is 5.15. The Balaban J connectivity index is 1.70. The number of fused-ring (bicyclic) bond motifs is 1. The molecule has 0 atom stereocenters. The minimum atomic E-state index is 0.185. The molecule has 0 N–H and O–H groups in total. The number of hydrogen-bond acceptors (Lipinski definition) is 2. The molecule has 4 aromatic rings. The minimum Gasteiger partial charge on any atom is -0.323 e. The molecule has 0 amide bonds. The van der Waals surface area contributed by atoms with Crippen LogP contribution in [0.15, 0.2) is 66.0 Å². The summed E-state index contributed by atoms with van der Waals surface area (Å²) >= 11 is 1.79. The van der Waals surface area contributed by atoms with E-state index < -0.39 is 0 Å². The smallest absolute Gasteiger partial charge is 0.115 e. The summed E-state index contributed by atoms with van der Waals surface area (Å²) in [4.78, 5) is 6.26. The molecule has 0 aliphatic rings. The zero-order valence-corrected chi connectivity index (χ0v) is 16.4. The van der Waals surface area contributed by atoms with Gasteiger partial charge in [-0.2, -0.15) is 0 Å². The van der Waals surface area contributed by atoms with E-state index in [0.717, 1.165) is 24.3 Å². The number of rotatable bonds is 4. The van der Waals surface area contributed by atoms with Crippen molar-refractivity contribution in [3.8, 4) is 0 Å². The van der Waals surface area contributed by atoms with E-state index in [2.05, 4.69) is 91.4 Å². The van der Waals surface area contributed by atoms with Gasteiger partial charge in [0.1, 0.15) is 5.82 Å². The lowest BCUT2D eigenvalue weighted by Gasteiger charge is -2.19. The second-order valence-corrected chi connectivity index (χ2v) is 8.84. The third-order valence-corrected chi connectivity index (χ3v) is 5.68. The van der Waals surface area contributed by atoms with Crippen molar-refractivity contribution in [3.63, 3.8) is 0 Å². The number of hydrogen-bond donors (Lipinski definition) is 0. The summed E-state index contributed by atoms with van der Waals surface area (Å²) in [6, 6.07) is 21.8. The summed E-state index contributed by atoms with van der Waals surface area (Å²) in [5, 5.41) is 2.13. The van der Waals surface area contributed by atoms with Gasteiger partial charge in [-0.15, -0.1) is 11.3 Å². The number of para-hydroxylation sites is 2. The van der Waals surface area contributed by atoms with Crippen molar-refractivity contribution in [1.82, 2.24) is 9.55 Å². The van der Waals surface area contributed by atoms with Crippen LogP contribution < -0.4 is 0 Å². The van der Waals surface area contributed by atoms with Crippen molar-refractivity contribution in [3.05, 3.63) is 87.9 Å². The second kappa shape index (κ2) is 6.73. The molecule has 132 valence electrons. The maximum Gasteiger partial charge on any atom is 0.115 e. The molecular formula is C23H24N2S. The van der Waals surface area contributed by atoms with Crippen LogP contribution in [0.1, 0.15) is 42.6 Å². The van der Waals surface area contributed by atoms with Gasteiger partial charge >= 0.3 is 0 Å². The topological polar surface area (TPSA) is 17.8 Å². The van der Waals surface area contributed by atoms with Gasteiger partial charge in [0, 0.05) is 17.8 Å². The summed E-state index contributed by atoms with van der Waals surface area (Å²) in [5.74, 6) is 1.13. The van der Waals surface area contributed by atoms with Gasteiger partial charge < -0.3 is 4.57 Å². The molecule has 0 fully saturated rings. The Bertz CT molecular complexity index is 1000. The molecule has 4 rings (SSSR count). The van der Waals surface area contributed by atoms with Gasteiger partial charge in [-0.1, -0.05) is 63.2 Å². The molecular weight excluding hydrogens is 336 g/mol. The molecule has 26 heavy (non-hydrogen) atoms. The zero-order chi connectivity index (χ0) is 18.1. The highest BCUT2D eigenvalue weighted by Gasteiger charge is 2.15. The lowest BCUT2D eigenvalue weighted by molar-refractivity contribution is 0.589. The highest BCUT2D eigenvalue weighted by Crippen LogP contribution is 2.24. The average Bonchev–Trinajstić information content (AvgIpc) is 3.24. The van der Waals surface area contributed by atoms with E-state index >= 15 is 0 Å². The van der Waals surface area contributed by atoms with Crippen molar-refractivity contribution in [1.29, 1.82) is 0 Å². The highest BCUT2D eigenvalue weighted by atomic mass is 32.1. The van der Waals surface area contributed by atoms with Crippen LogP contribution in [0.25, 0.3) is 11.0 Å². The fourth-order valence-electron chi connectivity index (χ4n) is 3.30. The number of imidazole rings is 1. The van der Waals surface area contributed by atoms with Crippen molar-refractivity contribution in [2.24, 2.45) is 0 Å². The Morgan fingerprint density at radius 1 is 0.923 bits per heavy atom. The van der Waals surface area contributed by atoms with E-state index in [1.807, 2.05) is 0 Å². The molecule has 0 saturated heterocycles. The van der Waals surface area contributed by atoms with E-state index in [4.69, 9.17) is 4.98 Å². The molecule has 2 aromatic heterocycles. The first-order valence-electron chi connectivity index (χ1n) is 9.07. The Hall–Kier alpha value is -2.39. The molecule has 2 heterocycles. The van der Waals surface area contributed by atoms with Crippen LogP contribution in [0.2, 0.25) is 0 Å². The standard InChI is InChI=1S/C23H24N2S/c1-23(2,3)18-12-10-17(11-13-18)16-25-21-9-5-4-8-20(21)24-22(25)15-19-7-6-14-26-19/h4-14H,15-16H2,1-3H3. The van der Waals surface area contributed by atoms with Crippen LogP contribution >= 0.6 is 11.3 Å². The van der Waals surface area contributed by atoms with Crippen molar-refractivity contribution < 1.29 is 0 Å². The van der Waals surface area contributed by atoms with Gasteiger partial charge in [0.15, 0.2) is 0 Å². The van der Waals surface area contributed by atoms with Crippen molar-refractivity contribution in [2.75, 3.05) is 0 Å². The van der Waals surface area contributed by atoms with E-state index in [0.29, 0.717) is 0 Å². The first-order chi connectivity index (χ1) is 12.5. The third kappa shape index (κ3) is 3.45. The van der Waals surface area contributed by atoms with Crippen LogP contribution in [0.4, 0.5) is 0 Å². The number of nitrogens with zero attached hydrogens (tertiary/aromatic N) is 2. The van der Waals surface area contributed by atoms with E-state index in [1.165, 1.54) is 21.5 Å². The lowest BCUT2D eigenvalue weighted by Crippen LogP contribution is -2.11. The molecule has 2 aromatic carbocycles. The first kappa shape index (κ1) is 17.0. The Labute approximate surface area is 159 Å². The molecule has 0 aliphatic carbocycles. The van der Waals surface area contributed by atoms with Crippen LogP contribution in [0, 0.1) is 0 Å². The van der Waals surface area contributed by atoms with Crippen LogP contribution in [-0.2, 0) is 18.4 Å². The fraction of sp³-hybridized carbons (Fsp3) is 0.261. The SMILES string of the molecule is CC(C)(C)c1ccc(Cn2c(Cc3cccs3)nc3ccccc32)cc1. The first-order valence-corrected chi connectivity index (χ1v) is 9.94. The Morgan fingerprint density at radius 3 is 2.38 bits per heavy atom. The van der Waals surface area contributed by atoms with Gasteiger partial charge in [-0.05, 0) is 40.1 Å². The maximum atomic E-state index is 4.91. The van der Waals surface area contributed by atoms with Gasteiger partial charge in [-0.25, -0.2) is 4.98 Å². The zero-order valence-electron chi connectivity index (χ0n) is 15.6. The predicted molar refractivity (Wildman–Crippen MR) is 111 cm³/mol. The molecule has 2 nitrogen and oxygen atoms in total. The number of aromatic nitrogens is 2. The van der Waals surface area contributed by atoms with E-state index in [9.17, 15) is 0 Å². The van der Waals surface area contributed by atoms with Gasteiger partial charge in [0.05, 0.1) is 11.0 Å².